The van der Waals surface area contributed by atoms with Crippen molar-refractivity contribution in [2.45, 2.75) is 36.9 Å². The van der Waals surface area contributed by atoms with Crippen molar-refractivity contribution >= 4 is 17.8 Å². The van der Waals surface area contributed by atoms with Gasteiger partial charge in [0.15, 0.2) is 0 Å². The van der Waals surface area contributed by atoms with E-state index in [0.29, 0.717) is 25.4 Å². The Balaban J connectivity index is 1.58. The van der Waals surface area contributed by atoms with Crippen molar-refractivity contribution in [3.8, 4) is 5.75 Å². The van der Waals surface area contributed by atoms with Crippen LogP contribution in [0.1, 0.15) is 18.4 Å². The Hall–Kier alpha value is -2.69. The molecule has 33 heavy (non-hydrogen) atoms. The minimum atomic E-state index is -0.943. The summed E-state index contributed by atoms with van der Waals surface area (Å²) in [5, 5.41) is 5.42. The molecule has 2 fully saturated rings. The van der Waals surface area contributed by atoms with E-state index in [1.54, 1.807) is 19.2 Å². The van der Waals surface area contributed by atoms with E-state index >= 15 is 0 Å². The molecule has 0 bridgehead atoms. The second kappa shape index (κ2) is 11.4. The molecule has 1 aliphatic carbocycles. The lowest BCUT2D eigenvalue weighted by molar-refractivity contribution is -0.145. The number of methoxy groups -OCH3 is 3. The molecule has 0 radical (unpaired) electrons. The summed E-state index contributed by atoms with van der Waals surface area (Å²) in [6.45, 7) is 2.13. The first-order valence-electron chi connectivity index (χ1n) is 11.0. The van der Waals surface area contributed by atoms with E-state index in [4.69, 9.17) is 18.9 Å². The maximum atomic E-state index is 12.9. The lowest BCUT2D eigenvalue weighted by Gasteiger charge is -2.33. The van der Waals surface area contributed by atoms with E-state index in [1.165, 1.54) is 14.2 Å². The van der Waals surface area contributed by atoms with E-state index in [9.17, 15) is 14.4 Å². The summed E-state index contributed by atoms with van der Waals surface area (Å²) >= 11 is 0. The molecule has 2 N–H and O–H groups in total. The highest BCUT2D eigenvalue weighted by atomic mass is 16.5. The van der Waals surface area contributed by atoms with Crippen LogP contribution in [-0.2, 0) is 35.0 Å². The second-order valence-corrected chi connectivity index (χ2v) is 8.45. The molecule has 1 saturated heterocycles. The zero-order valence-corrected chi connectivity index (χ0v) is 19.4. The Kier molecular flexibility index (Phi) is 8.65. The lowest BCUT2D eigenvalue weighted by atomic mass is 10.1. The zero-order chi connectivity index (χ0) is 23.8. The minimum absolute atomic E-state index is 0.0267. The van der Waals surface area contributed by atoms with Crippen molar-refractivity contribution in [2.24, 2.45) is 0 Å². The van der Waals surface area contributed by atoms with Crippen LogP contribution in [-0.4, -0.2) is 94.5 Å². The molecule has 182 valence electrons. The summed E-state index contributed by atoms with van der Waals surface area (Å²) in [4.78, 5) is 39.9. The number of rotatable bonds is 11. The number of morpholine rings is 1. The lowest BCUT2D eigenvalue weighted by Crippen LogP contribution is -2.56. The van der Waals surface area contributed by atoms with Crippen molar-refractivity contribution < 1.29 is 33.3 Å². The molecule has 10 nitrogen and oxygen atoms in total. The fraction of sp³-hybridized carbons (Fsp3) is 0.609. The average molecular weight is 464 g/mol. The summed E-state index contributed by atoms with van der Waals surface area (Å²) < 4.78 is 20.9. The van der Waals surface area contributed by atoms with Gasteiger partial charge < -0.3 is 29.6 Å². The number of carbonyl (C=O) groups is 3. The smallest absolute Gasteiger partial charge is 0.328 e. The van der Waals surface area contributed by atoms with E-state index in [1.807, 2.05) is 17.0 Å². The van der Waals surface area contributed by atoms with Crippen LogP contribution in [0.3, 0.4) is 0 Å². The highest BCUT2D eigenvalue weighted by Gasteiger charge is 2.47. The maximum absolute atomic E-state index is 12.9. The Morgan fingerprint density at radius 2 is 1.82 bits per heavy atom. The van der Waals surface area contributed by atoms with Crippen molar-refractivity contribution in [2.75, 3.05) is 54.2 Å². The average Bonchev–Trinajstić information content (AvgIpc) is 3.56. The van der Waals surface area contributed by atoms with Crippen LogP contribution in [0.25, 0.3) is 0 Å². The van der Waals surface area contributed by atoms with Gasteiger partial charge in [-0.3, -0.25) is 14.5 Å². The normalized spacial score (nSPS) is 18.8. The molecule has 0 unspecified atom stereocenters. The molecule has 1 aromatic rings. The van der Waals surface area contributed by atoms with Crippen LogP contribution in [0.15, 0.2) is 24.3 Å². The second-order valence-electron chi connectivity index (χ2n) is 8.45. The quantitative estimate of drug-likeness (QED) is 0.437. The van der Waals surface area contributed by atoms with Crippen LogP contribution in [0.4, 0.5) is 0 Å². The number of nitrogens with zero attached hydrogens (tertiary/aromatic N) is 1. The first-order valence-corrected chi connectivity index (χ1v) is 11.0. The van der Waals surface area contributed by atoms with Crippen LogP contribution >= 0.6 is 0 Å². The molecular weight excluding hydrogens is 430 g/mol. The van der Waals surface area contributed by atoms with Gasteiger partial charge in [-0.25, -0.2) is 4.79 Å². The Labute approximate surface area is 193 Å². The van der Waals surface area contributed by atoms with E-state index in [0.717, 1.165) is 18.4 Å². The minimum Gasteiger partial charge on any atom is -0.497 e. The van der Waals surface area contributed by atoms with Gasteiger partial charge in [-0.2, -0.15) is 0 Å². The fourth-order valence-electron chi connectivity index (χ4n) is 3.90. The van der Waals surface area contributed by atoms with Gasteiger partial charge in [-0.05, 0) is 30.5 Å². The van der Waals surface area contributed by atoms with Crippen LogP contribution in [0, 0.1) is 0 Å². The molecule has 1 heterocycles. The van der Waals surface area contributed by atoms with E-state index < -0.39 is 24.0 Å². The van der Waals surface area contributed by atoms with Crippen molar-refractivity contribution in [1.29, 1.82) is 0 Å². The molecule has 2 atom stereocenters. The summed E-state index contributed by atoms with van der Waals surface area (Å²) in [6, 6.07) is 5.31. The molecule has 2 amide bonds. The highest BCUT2D eigenvalue weighted by Crippen LogP contribution is 2.41. The van der Waals surface area contributed by atoms with Crippen molar-refractivity contribution in [3.63, 3.8) is 0 Å². The van der Waals surface area contributed by atoms with Crippen LogP contribution in [0.2, 0.25) is 0 Å². The topological polar surface area (TPSA) is 115 Å². The number of esters is 1. The molecule has 3 rings (SSSR count). The number of hydrogen-bond donors (Lipinski definition) is 2. The fourth-order valence-corrected chi connectivity index (χ4v) is 3.90. The predicted octanol–water partition coefficient (Wildman–Crippen LogP) is -0.108. The Morgan fingerprint density at radius 3 is 2.42 bits per heavy atom. The first-order chi connectivity index (χ1) is 15.9. The Morgan fingerprint density at radius 1 is 1.09 bits per heavy atom. The molecule has 1 aromatic carbocycles. The molecule has 1 spiro atoms. The number of amides is 2. The van der Waals surface area contributed by atoms with Gasteiger partial charge in [0.2, 0.25) is 11.8 Å². The molecule has 1 saturated carbocycles. The largest absolute Gasteiger partial charge is 0.497 e. The standard InChI is InChI=1S/C23H33N3O7/c1-30-14-19(24-20(27)13-26-10-11-33-23(15-26)8-9-23)21(28)25-18(22(29)32-3)12-16-4-6-17(31-2)7-5-16/h4-7,18-19H,8-15H2,1-3H3,(H,24,27)(H,25,28)/t18-,19-/m0/s1. The summed E-state index contributed by atoms with van der Waals surface area (Å²) in [5.41, 5.74) is 0.733. The van der Waals surface area contributed by atoms with Gasteiger partial charge in [-0.1, -0.05) is 12.1 Å². The van der Waals surface area contributed by atoms with Gasteiger partial charge in [0, 0.05) is 26.6 Å². The summed E-state index contributed by atoms with van der Waals surface area (Å²) in [6.07, 6.45) is 2.26. The number of benzene rings is 1. The van der Waals surface area contributed by atoms with Gasteiger partial charge in [-0.15, -0.1) is 0 Å². The SMILES string of the molecule is COC[C@H](NC(=O)CN1CCOC2(CC2)C1)C(=O)N[C@@H](Cc1ccc(OC)cc1)C(=O)OC. The van der Waals surface area contributed by atoms with Gasteiger partial charge >= 0.3 is 5.97 Å². The van der Waals surface area contributed by atoms with Gasteiger partial charge in [0.25, 0.3) is 0 Å². The zero-order valence-electron chi connectivity index (χ0n) is 19.4. The van der Waals surface area contributed by atoms with Crippen LogP contribution < -0.4 is 15.4 Å². The highest BCUT2D eigenvalue weighted by molar-refractivity contribution is 5.91. The number of carbonyl (C=O) groups excluding carboxylic acids is 3. The van der Waals surface area contributed by atoms with Gasteiger partial charge in [0.1, 0.15) is 17.8 Å². The van der Waals surface area contributed by atoms with Crippen molar-refractivity contribution in [3.05, 3.63) is 29.8 Å². The van der Waals surface area contributed by atoms with Gasteiger partial charge in [0.05, 0.1) is 39.6 Å². The van der Waals surface area contributed by atoms with Crippen molar-refractivity contribution in [1.82, 2.24) is 15.5 Å². The summed E-state index contributed by atoms with van der Waals surface area (Å²) in [7, 11) is 4.28. The molecule has 1 aliphatic heterocycles. The number of hydrogen-bond acceptors (Lipinski definition) is 8. The third-order valence-corrected chi connectivity index (χ3v) is 5.89. The number of ether oxygens (including phenoxy) is 4. The van der Waals surface area contributed by atoms with E-state index in [-0.39, 0.29) is 31.1 Å². The molecule has 2 aliphatic rings. The third kappa shape index (κ3) is 7.15. The monoisotopic (exact) mass is 463 g/mol. The number of nitrogens with one attached hydrogen (secondary N) is 2. The van der Waals surface area contributed by atoms with E-state index in [2.05, 4.69) is 10.6 Å². The molecule has 10 heteroatoms. The molecular formula is C23H33N3O7. The first kappa shape index (κ1) is 24.9. The maximum Gasteiger partial charge on any atom is 0.328 e. The summed E-state index contributed by atoms with van der Waals surface area (Å²) in [5.74, 6) is -0.692. The van der Waals surface area contributed by atoms with Crippen LogP contribution in [0.5, 0.6) is 5.75 Å². The third-order valence-electron chi connectivity index (χ3n) is 5.89. The predicted molar refractivity (Wildman–Crippen MR) is 119 cm³/mol. The molecule has 0 aromatic heterocycles. The Bertz CT molecular complexity index is 826.